The molecule has 1 amide bonds. The predicted octanol–water partition coefficient (Wildman–Crippen LogP) is 4.95. The number of hydrogen-bond donors (Lipinski definition) is 2. The third-order valence-corrected chi connectivity index (χ3v) is 5.17. The number of pyridine rings is 1. The van der Waals surface area contributed by atoms with Crippen LogP contribution in [0.3, 0.4) is 0 Å². The molecular weight excluding hydrogens is 346 g/mol. The van der Waals surface area contributed by atoms with Crippen LogP contribution in [0.15, 0.2) is 60.8 Å². The first-order valence-corrected chi connectivity index (χ1v) is 9.52. The van der Waals surface area contributed by atoms with Crippen LogP contribution in [0.5, 0.6) is 0 Å². The Morgan fingerprint density at radius 2 is 2.04 bits per heavy atom. The van der Waals surface area contributed by atoms with Crippen molar-refractivity contribution in [3.05, 3.63) is 77.7 Å². The molecule has 1 aliphatic rings. The summed E-state index contributed by atoms with van der Waals surface area (Å²) in [6.07, 6.45) is 7.88. The molecule has 2 N–H and O–H groups in total. The highest BCUT2D eigenvalue weighted by Crippen LogP contribution is 2.42. The first kappa shape index (κ1) is 19.7. The fourth-order valence-electron chi connectivity index (χ4n) is 3.85. The van der Waals surface area contributed by atoms with Crippen LogP contribution in [0.25, 0.3) is 11.1 Å². The van der Waals surface area contributed by atoms with E-state index in [1.54, 1.807) is 6.08 Å². The molecule has 4 nitrogen and oxygen atoms in total. The van der Waals surface area contributed by atoms with Crippen LogP contribution in [-0.2, 0) is 11.2 Å². The maximum absolute atomic E-state index is 12.6. The van der Waals surface area contributed by atoms with Crippen LogP contribution in [0.4, 0.5) is 0 Å². The smallest absolute Gasteiger partial charge is 0.251 e. The first-order chi connectivity index (χ1) is 13.3. The molecule has 0 aliphatic heterocycles. The van der Waals surface area contributed by atoms with Crippen molar-refractivity contribution in [2.45, 2.75) is 39.7 Å². The molecule has 1 aromatic carbocycles. The van der Waals surface area contributed by atoms with Crippen LogP contribution in [0.1, 0.15) is 43.1 Å². The fourth-order valence-corrected chi connectivity index (χ4v) is 3.85. The van der Waals surface area contributed by atoms with E-state index >= 15 is 0 Å². The molecule has 2 aromatic rings. The van der Waals surface area contributed by atoms with Gasteiger partial charge in [0.25, 0.3) is 5.91 Å². The van der Waals surface area contributed by atoms with Gasteiger partial charge in [0.05, 0.1) is 6.04 Å². The van der Waals surface area contributed by atoms with Gasteiger partial charge in [0.15, 0.2) is 0 Å². The van der Waals surface area contributed by atoms with Crippen molar-refractivity contribution < 1.29 is 4.79 Å². The summed E-state index contributed by atoms with van der Waals surface area (Å²) in [6.45, 7) is 10.3. The van der Waals surface area contributed by atoms with E-state index in [-0.39, 0.29) is 17.4 Å². The summed E-state index contributed by atoms with van der Waals surface area (Å²) in [5.41, 5.74) is 6.14. The van der Waals surface area contributed by atoms with Crippen LogP contribution in [0, 0.1) is 17.7 Å². The number of nitrogens with zero attached hydrogens (tertiary/aromatic N) is 1. The quantitative estimate of drug-likeness (QED) is 0.442. The highest BCUT2D eigenvalue weighted by molar-refractivity contribution is 5.96. The number of aryl methyl sites for hydroxylation is 1. The van der Waals surface area contributed by atoms with E-state index in [0.29, 0.717) is 5.57 Å². The van der Waals surface area contributed by atoms with Crippen molar-refractivity contribution >= 4 is 12.1 Å². The zero-order valence-corrected chi connectivity index (χ0v) is 16.8. The number of carbonyl (C=O) groups excluding carboxylic acids is 1. The maximum Gasteiger partial charge on any atom is 0.251 e. The van der Waals surface area contributed by atoms with Gasteiger partial charge in [-0.15, -0.1) is 0 Å². The Kier molecular flexibility index (Phi) is 5.59. The Morgan fingerprint density at radius 1 is 1.29 bits per heavy atom. The van der Waals surface area contributed by atoms with Crippen LogP contribution in [-0.4, -0.2) is 17.1 Å². The summed E-state index contributed by atoms with van der Waals surface area (Å²) in [5.74, 6) is -0.197. The molecule has 0 bridgehead atoms. The SMILES string of the molecule is C=C(/C=C\C=N)C(=O)NC1CC(C)(C)Cc2ccc(-c3ccnc(C)c3)cc21. The zero-order chi connectivity index (χ0) is 20.3. The lowest BCUT2D eigenvalue weighted by Crippen LogP contribution is -2.36. The monoisotopic (exact) mass is 373 g/mol. The van der Waals surface area contributed by atoms with Crippen LogP contribution < -0.4 is 5.32 Å². The second-order valence-electron chi connectivity index (χ2n) is 8.22. The third kappa shape index (κ3) is 4.45. The summed E-state index contributed by atoms with van der Waals surface area (Å²) >= 11 is 0. The number of nitrogens with one attached hydrogen (secondary N) is 2. The second kappa shape index (κ2) is 7.93. The number of hydrogen-bond acceptors (Lipinski definition) is 3. The van der Waals surface area contributed by atoms with Gasteiger partial charge in [-0.25, -0.2) is 0 Å². The maximum atomic E-state index is 12.6. The average molecular weight is 374 g/mol. The van der Waals surface area contributed by atoms with E-state index in [9.17, 15) is 4.79 Å². The number of rotatable bonds is 5. The summed E-state index contributed by atoms with van der Waals surface area (Å²) in [6, 6.07) is 10.6. The fraction of sp³-hybridized carbons (Fsp3) is 0.292. The van der Waals surface area contributed by atoms with Gasteiger partial charge in [-0.3, -0.25) is 9.78 Å². The van der Waals surface area contributed by atoms with Crippen molar-refractivity contribution in [3.63, 3.8) is 0 Å². The van der Waals surface area contributed by atoms with Crippen molar-refractivity contribution in [2.24, 2.45) is 5.41 Å². The summed E-state index contributed by atoms with van der Waals surface area (Å²) in [4.78, 5) is 16.9. The average Bonchev–Trinajstić information content (AvgIpc) is 2.65. The molecule has 144 valence electrons. The highest BCUT2D eigenvalue weighted by atomic mass is 16.1. The molecular formula is C24H27N3O. The topological polar surface area (TPSA) is 65.8 Å². The normalized spacial score (nSPS) is 17.8. The van der Waals surface area contributed by atoms with Gasteiger partial charge < -0.3 is 10.7 Å². The summed E-state index contributed by atoms with van der Waals surface area (Å²) in [7, 11) is 0. The summed E-state index contributed by atoms with van der Waals surface area (Å²) < 4.78 is 0. The molecule has 1 unspecified atom stereocenters. The molecule has 4 heteroatoms. The molecule has 1 heterocycles. The van der Waals surface area contributed by atoms with Crippen molar-refractivity contribution in [1.29, 1.82) is 5.41 Å². The first-order valence-electron chi connectivity index (χ1n) is 9.52. The molecule has 0 spiro atoms. The second-order valence-corrected chi connectivity index (χ2v) is 8.22. The lowest BCUT2D eigenvalue weighted by Gasteiger charge is -2.37. The number of carbonyl (C=O) groups is 1. The standard InChI is InChI=1S/C24H27N3O/c1-16(6-5-10-25)23(28)27-22-15-24(3,4)14-20-8-7-18(13-21(20)22)19-9-11-26-17(2)12-19/h5-13,22,25H,1,14-15H2,2-4H3,(H,27,28)/b6-5-,25-10?. The molecule has 1 aliphatic carbocycles. The molecule has 0 saturated carbocycles. The Bertz CT molecular complexity index is 956. The minimum absolute atomic E-state index is 0.0701. The molecule has 0 saturated heterocycles. The lowest BCUT2D eigenvalue weighted by atomic mass is 9.71. The Labute approximate surface area is 166 Å². The molecule has 0 radical (unpaired) electrons. The molecule has 0 fully saturated rings. The third-order valence-electron chi connectivity index (χ3n) is 5.17. The lowest BCUT2D eigenvalue weighted by molar-refractivity contribution is -0.118. The molecule has 1 atom stereocenters. The molecule has 3 rings (SSSR count). The number of aromatic nitrogens is 1. The minimum Gasteiger partial charge on any atom is -0.345 e. The van der Waals surface area contributed by atoms with E-state index in [2.05, 4.69) is 55.0 Å². The van der Waals surface area contributed by atoms with Crippen LogP contribution in [0.2, 0.25) is 0 Å². The van der Waals surface area contributed by atoms with Gasteiger partial charge in [-0.2, -0.15) is 0 Å². The number of amides is 1. The van der Waals surface area contributed by atoms with Gasteiger partial charge in [0.1, 0.15) is 0 Å². The van der Waals surface area contributed by atoms with Crippen molar-refractivity contribution in [3.8, 4) is 11.1 Å². The van der Waals surface area contributed by atoms with E-state index in [0.717, 1.165) is 35.9 Å². The number of allylic oxidation sites excluding steroid dienone is 1. The Balaban J connectivity index is 1.95. The van der Waals surface area contributed by atoms with Gasteiger partial charge in [-0.05, 0) is 77.8 Å². The Morgan fingerprint density at radius 3 is 2.75 bits per heavy atom. The largest absolute Gasteiger partial charge is 0.345 e. The highest BCUT2D eigenvalue weighted by Gasteiger charge is 2.33. The van der Waals surface area contributed by atoms with Gasteiger partial charge in [0, 0.05) is 23.7 Å². The van der Waals surface area contributed by atoms with E-state index in [4.69, 9.17) is 5.41 Å². The number of benzene rings is 1. The van der Waals surface area contributed by atoms with Gasteiger partial charge in [-0.1, -0.05) is 32.6 Å². The molecule has 1 aromatic heterocycles. The van der Waals surface area contributed by atoms with Crippen molar-refractivity contribution in [1.82, 2.24) is 10.3 Å². The number of fused-ring (bicyclic) bond motifs is 1. The Hall–Kier alpha value is -3.01. The summed E-state index contributed by atoms with van der Waals surface area (Å²) in [5, 5.41) is 10.2. The van der Waals surface area contributed by atoms with Crippen molar-refractivity contribution in [2.75, 3.05) is 0 Å². The molecule has 28 heavy (non-hydrogen) atoms. The van der Waals surface area contributed by atoms with E-state index < -0.39 is 0 Å². The van der Waals surface area contributed by atoms with Crippen LogP contribution >= 0.6 is 0 Å². The minimum atomic E-state index is -0.197. The zero-order valence-electron chi connectivity index (χ0n) is 16.8. The van der Waals surface area contributed by atoms with Gasteiger partial charge >= 0.3 is 0 Å². The van der Waals surface area contributed by atoms with E-state index in [1.807, 2.05) is 19.2 Å². The van der Waals surface area contributed by atoms with Gasteiger partial charge in [0.2, 0.25) is 0 Å². The van der Waals surface area contributed by atoms with E-state index in [1.165, 1.54) is 17.2 Å². The predicted molar refractivity (Wildman–Crippen MR) is 114 cm³/mol.